The lowest BCUT2D eigenvalue weighted by Crippen LogP contribution is -2.45. The van der Waals surface area contributed by atoms with Crippen molar-refractivity contribution in [3.8, 4) is 0 Å². The zero-order chi connectivity index (χ0) is 13.1. The Morgan fingerprint density at radius 1 is 1.39 bits per heavy atom. The molecule has 96 valence electrons. The predicted octanol–water partition coefficient (Wildman–Crippen LogP) is 2.46. The number of hydrogen-bond donors (Lipinski definition) is 1. The second kappa shape index (κ2) is 5.36. The molecule has 0 amide bonds. The molecule has 0 bridgehead atoms. The molecule has 1 aliphatic heterocycles. The Kier molecular flexibility index (Phi) is 3.82. The number of carbonyl (C=O) groups is 1. The average Bonchev–Trinajstić information content (AvgIpc) is 2.35. The van der Waals surface area contributed by atoms with Crippen molar-refractivity contribution in [2.75, 3.05) is 6.54 Å². The van der Waals surface area contributed by atoms with Crippen LogP contribution in [0.3, 0.4) is 0 Å². The van der Waals surface area contributed by atoms with Crippen LogP contribution in [0.4, 0.5) is 0 Å². The van der Waals surface area contributed by atoms with Crippen LogP contribution < -0.4 is 0 Å². The van der Waals surface area contributed by atoms with E-state index in [9.17, 15) is 9.90 Å². The van der Waals surface area contributed by atoms with E-state index in [0.29, 0.717) is 13.0 Å². The summed E-state index contributed by atoms with van der Waals surface area (Å²) >= 11 is 0. The average molecular weight is 245 g/mol. The van der Waals surface area contributed by atoms with Crippen LogP contribution >= 0.6 is 0 Å². The second-order valence-corrected chi connectivity index (χ2v) is 5.04. The monoisotopic (exact) mass is 245 g/mol. The number of carboxylic acid groups (broad SMARTS) is 1. The molecule has 1 aliphatic rings. The maximum atomic E-state index is 11.4. The van der Waals surface area contributed by atoms with Crippen LogP contribution in [0.1, 0.15) is 25.0 Å². The van der Waals surface area contributed by atoms with Gasteiger partial charge in [-0.1, -0.05) is 35.9 Å². The summed E-state index contributed by atoms with van der Waals surface area (Å²) in [5.74, 6) is -0.730. The van der Waals surface area contributed by atoms with Crippen LogP contribution in [0.2, 0.25) is 0 Å². The Morgan fingerprint density at radius 2 is 2.06 bits per heavy atom. The zero-order valence-corrected chi connectivity index (χ0v) is 10.9. The molecule has 0 saturated carbocycles. The van der Waals surface area contributed by atoms with E-state index >= 15 is 0 Å². The van der Waals surface area contributed by atoms with E-state index < -0.39 is 12.0 Å². The first-order valence-electron chi connectivity index (χ1n) is 6.25. The van der Waals surface area contributed by atoms with E-state index in [0.717, 1.165) is 6.54 Å². The van der Waals surface area contributed by atoms with Crippen LogP contribution in [0.15, 0.2) is 35.9 Å². The largest absolute Gasteiger partial charge is 0.480 e. The molecule has 1 aromatic rings. The Labute approximate surface area is 108 Å². The van der Waals surface area contributed by atoms with Crippen molar-refractivity contribution in [3.05, 3.63) is 47.0 Å². The van der Waals surface area contributed by atoms with Gasteiger partial charge < -0.3 is 5.11 Å². The first-order chi connectivity index (χ1) is 8.58. The highest BCUT2D eigenvalue weighted by Crippen LogP contribution is 2.23. The molecule has 1 heterocycles. The van der Waals surface area contributed by atoms with Gasteiger partial charge in [0.2, 0.25) is 0 Å². The minimum absolute atomic E-state index is 0.407. The highest BCUT2D eigenvalue weighted by molar-refractivity contribution is 5.74. The lowest BCUT2D eigenvalue weighted by Gasteiger charge is -2.33. The van der Waals surface area contributed by atoms with Gasteiger partial charge in [0.1, 0.15) is 6.04 Å². The molecule has 2 rings (SSSR count). The van der Waals surface area contributed by atoms with Gasteiger partial charge in [-0.15, -0.1) is 0 Å². The number of hydrogen-bond acceptors (Lipinski definition) is 2. The van der Waals surface area contributed by atoms with Crippen LogP contribution in [-0.2, 0) is 17.8 Å². The van der Waals surface area contributed by atoms with Gasteiger partial charge in [0, 0.05) is 13.1 Å². The fraction of sp³-hybridized carbons (Fsp3) is 0.400. The number of fused-ring (bicyclic) bond motifs is 1. The number of rotatable bonds is 3. The maximum absolute atomic E-state index is 11.4. The van der Waals surface area contributed by atoms with E-state index in [1.807, 2.05) is 36.9 Å². The summed E-state index contributed by atoms with van der Waals surface area (Å²) in [6.45, 7) is 5.49. The molecule has 0 spiro atoms. The van der Waals surface area contributed by atoms with Gasteiger partial charge in [0.05, 0.1) is 0 Å². The summed E-state index contributed by atoms with van der Waals surface area (Å²) in [6.07, 6.45) is 2.69. The van der Waals surface area contributed by atoms with Crippen LogP contribution in [0.5, 0.6) is 0 Å². The van der Waals surface area contributed by atoms with Crippen molar-refractivity contribution in [1.82, 2.24) is 4.90 Å². The van der Waals surface area contributed by atoms with Crippen molar-refractivity contribution in [2.45, 2.75) is 32.9 Å². The summed E-state index contributed by atoms with van der Waals surface area (Å²) in [5, 5.41) is 9.34. The summed E-state index contributed by atoms with van der Waals surface area (Å²) < 4.78 is 0. The zero-order valence-electron chi connectivity index (χ0n) is 10.9. The van der Waals surface area contributed by atoms with E-state index in [1.54, 1.807) is 0 Å². The molecule has 1 N–H and O–H groups in total. The first-order valence-corrected chi connectivity index (χ1v) is 6.25. The van der Waals surface area contributed by atoms with E-state index in [-0.39, 0.29) is 0 Å². The molecule has 0 aliphatic carbocycles. The third-order valence-corrected chi connectivity index (χ3v) is 3.36. The molecule has 1 atom stereocenters. The molecule has 0 radical (unpaired) electrons. The van der Waals surface area contributed by atoms with Gasteiger partial charge in [0.25, 0.3) is 0 Å². The normalized spacial score (nSPS) is 19.1. The van der Waals surface area contributed by atoms with E-state index in [1.165, 1.54) is 16.7 Å². The van der Waals surface area contributed by atoms with Gasteiger partial charge in [-0.25, -0.2) is 0 Å². The third-order valence-electron chi connectivity index (χ3n) is 3.36. The van der Waals surface area contributed by atoms with Crippen LogP contribution in [0, 0.1) is 0 Å². The first kappa shape index (κ1) is 12.8. The Bertz CT molecular complexity index is 475. The number of carboxylic acids is 1. The predicted molar refractivity (Wildman–Crippen MR) is 71.4 cm³/mol. The SMILES string of the molecule is CC(C)=CCN1Cc2ccccc2CC1C(=O)O. The highest BCUT2D eigenvalue weighted by atomic mass is 16.4. The smallest absolute Gasteiger partial charge is 0.321 e. The summed E-state index contributed by atoms with van der Waals surface area (Å²) in [4.78, 5) is 13.4. The van der Waals surface area contributed by atoms with Crippen LogP contribution in [0.25, 0.3) is 0 Å². The Morgan fingerprint density at radius 3 is 2.67 bits per heavy atom. The van der Waals surface area contributed by atoms with Crippen molar-refractivity contribution in [3.63, 3.8) is 0 Å². The van der Waals surface area contributed by atoms with Crippen LogP contribution in [-0.4, -0.2) is 28.6 Å². The molecule has 1 aromatic carbocycles. The highest BCUT2D eigenvalue weighted by Gasteiger charge is 2.30. The number of nitrogens with zero attached hydrogens (tertiary/aromatic N) is 1. The van der Waals surface area contributed by atoms with Gasteiger partial charge in [-0.2, -0.15) is 0 Å². The Balaban J connectivity index is 2.23. The third kappa shape index (κ3) is 2.79. The number of benzene rings is 1. The fourth-order valence-corrected chi connectivity index (χ4v) is 2.31. The number of aliphatic carboxylic acids is 1. The molecule has 0 saturated heterocycles. The standard InChI is InChI=1S/C15H19NO2/c1-11(2)7-8-16-10-13-6-4-3-5-12(13)9-14(16)15(17)18/h3-7,14H,8-10H2,1-2H3,(H,17,18). The summed E-state index contributed by atoms with van der Waals surface area (Å²) in [7, 11) is 0. The lowest BCUT2D eigenvalue weighted by molar-refractivity contribution is -0.143. The lowest BCUT2D eigenvalue weighted by atomic mass is 9.94. The molecule has 18 heavy (non-hydrogen) atoms. The molecular formula is C15H19NO2. The van der Waals surface area contributed by atoms with Gasteiger partial charge >= 0.3 is 5.97 Å². The van der Waals surface area contributed by atoms with Crippen molar-refractivity contribution >= 4 is 5.97 Å². The molecule has 3 nitrogen and oxygen atoms in total. The topological polar surface area (TPSA) is 40.5 Å². The fourth-order valence-electron chi connectivity index (χ4n) is 2.31. The molecule has 0 aromatic heterocycles. The quantitative estimate of drug-likeness (QED) is 0.832. The summed E-state index contributed by atoms with van der Waals surface area (Å²) in [5.41, 5.74) is 3.63. The molecule has 3 heteroatoms. The van der Waals surface area contributed by atoms with Gasteiger partial charge in [0.15, 0.2) is 0 Å². The van der Waals surface area contributed by atoms with E-state index in [4.69, 9.17) is 0 Å². The molecule has 1 unspecified atom stereocenters. The molecular weight excluding hydrogens is 226 g/mol. The number of allylic oxidation sites excluding steroid dienone is 1. The van der Waals surface area contributed by atoms with Gasteiger partial charge in [-0.05, 0) is 31.4 Å². The van der Waals surface area contributed by atoms with Gasteiger partial charge in [-0.3, -0.25) is 9.69 Å². The minimum Gasteiger partial charge on any atom is -0.480 e. The van der Waals surface area contributed by atoms with Crippen molar-refractivity contribution in [2.24, 2.45) is 0 Å². The van der Waals surface area contributed by atoms with Crippen molar-refractivity contribution in [1.29, 1.82) is 0 Å². The summed E-state index contributed by atoms with van der Waals surface area (Å²) in [6, 6.07) is 7.70. The molecule has 0 fully saturated rings. The van der Waals surface area contributed by atoms with E-state index in [2.05, 4.69) is 12.1 Å². The maximum Gasteiger partial charge on any atom is 0.321 e. The minimum atomic E-state index is -0.730. The second-order valence-electron chi connectivity index (χ2n) is 5.04. The Hall–Kier alpha value is -1.61. The van der Waals surface area contributed by atoms with Crippen molar-refractivity contribution < 1.29 is 9.90 Å².